The SMILES string of the molecule is CNC(=O)CN1CCC(c2ccc3[nH]c(-c4cn5ccnc5c(C)c4C)c(C(C)C)c3c2)CC1. The fraction of sp³-hybridized carbons (Fsp3) is 0.429. The highest BCUT2D eigenvalue weighted by molar-refractivity contribution is 5.92. The average molecular weight is 458 g/mol. The van der Waals surface area contributed by atoms with Crippen LogP contribution < -0.4 is 5.32 Å². The van der Waals surface area contributed by atoms with Crippen molar-refractivity contribution in [2.24, 2.45) is 0 Å². The van der Waals surface area contributed by atoms with Crippen LogP contribution in [0.1, 0.15) is 60.8 Å². The van der Waals surface area contributed by atoms with Crippen LogP contribution in [-0.2, 0) is 4.79 Å². The Kier molecular flexibility index (Phi) is 5.94. The molecule has 0 radical (unpaired) electrons. The number of fused-ring (bicyclic) bond motifs is 2. The Hall–Kier alpha value is -3.12. The summed E-state index contributed by atoms with van der Waals surface area (Å²) in [7, 11) is 1.71. The molecule has 6 nitrogen and oxygen atoms in total. The van der Waals surface area contributed by atoms with E-state index >= 15 is 0 Å². The summed E-state index contributed by atoms with van der Waals surface area (Å²) in [6.07, 6.45) is 8.28. The third-order valence-corrected chi connectivity index (χ3v) is 7.65. The van der Waals surface area contributed by atoms with Gasteiger partial charge in [0.1, 0.15) is 5.65 Å². The molecule has 1 aliphatic rings. The smallest absolute Gasteiger partial charge is 0.233 e. The van der Waals surface area contributed by atoms with Gasteiger partial charge in [0.25, 0.3) is 0 Å². The summed E-state index contributed by atoms with van der Waals surface area (Å²) in [4.78, 5) is 22.3. The van der Waals surface area contributed by atoms with Crippen molar-refractivity contribution < 1.29 is 4.79 Å². The van der Waals surface area contributed by atoms with Crippen molar-refractivity contribution in [1.82, 2.24) is 24.6 Å². The van der Waals surface area contributed by atoms with Crippen molar-refractivity contribution in [3.8, 4) is 11.3 Å². The number of amides is 1. The number of likely N-dealkylation sites (tertiary alicyclic amines) is 1. The lowest BCUT2D eigenvalue weighted by Gasteiger charge is -2.31. The molecule has 6 heteroatoms. The minimum Gasteiger partial charge on any atom is -0.358 e. The Morgan fingerprint density at radius 2 is 1.97 bits per heavy atom. The van der Waals surface area contributed by atoms with Crippen molar-refractivity contribution in [3.05, 3.63) is 59.0 Å². The molecule has 1 aliphatic heterocycles. The van der Waals surface area contributed by atoms with Crippen LogP contribution in [0.5, 0.6) is 0 Å². The first kappa shape index (κ1) is 22.7. The van der Waals surface area contributed by atoms with E-state index < -0.39 is 0 Å². The summed E-state index contributed by atoms with van der Waals surface area (Å²) in [5.41, 5.74) is 9.98. The quantitative estimate of drug-likeness (QED) is 0.436. The Balaban J connectivity index is 1.52. The zero-order valence-corrected chi connectivity index (χ0v) is 20.9. The minimum absolute atomic E-state index is 0.0979. The zero-order valence-electron chi connectivity index (χ0n) is 20.9. The van der Waals surface area contributed by atoms with E-state index in [2.05, 4.69) is 76.7 Å². The number of aromatic nitrogens is 3. The lowest BCUT2D eigenvalue weighted by molar-refractivity contribution is -0.122. The predicted octanol–water partition coefficient (Wildman–Crippen LogP) is 5.15. The van der Waals surface area contributed by atoms with Gasteiger partial charge in [0.15, 0.2) is 0 Å². The summed E-state index contributed by atoms with van der Waals surface area (Å²) in [5, 5.41) is 4.07. The first-order chi connectivity index (χ1) is 16.4. The molecule has 2 N–H and O–H groups in total. The molecule has 178 valence electrons. The van der Waals surface area contributed by atoms with Crippen molar-refractivity contribution >= 4 is 22.5 Å². The average Bonchev–Trinajstić information content (AvgIpc) is 3.46. The van der Waals surface area contributed by atoms with Crippen LogP contribution in [0.3, 0.4) is 0 Å². The summed E-state index contributed by atoms with van der Waals surface area (Å²) >= 11 is 0. The number of carbonyl (C=O) groups excluding carboxylic acids is 1. The molecule has 0 aliphatic carbocycles. The van der Waals surface area contributed by atoms with Gasteiger partial charge in [-0.25, -0.2) is 4.98 Å². The summed E-state index contributed by atoms with van der Waals surface area (Å²) in [5.74, 6) is 1.03. The third-order valence-electron chi connectivity index (χ3n) is 7.65. The van der Waals surface area contributed by atoms with Gasteiger partial charge in [-0.15, -0.1) is 0 Å². The van der Waals surface area contributed by atoms with Crippen molar-refractivity contribution in [2.45, 2.75) is 52.4 Å². The van der Waals surface area contributed by atoms with Gasteiger partial charge in [-0.2, -0.15) is 0 Å². The molecule has 3 aromatic heterocycles. The Bertz CT molecular complexity index is 1350. The van der Waals surface area contributed by atoms with Crippen molar-refractivity contribution in [1.29, 1.82) is 0 Å². The number of likely N-dealkylation sites (N-methyl/N-ethyl adjacent to an activating group) is 1. The second kappa shape index (κ2) is 8.91. The maximum atomic E-state index is 11.7. The van der Waals surface area contributed by atoms with E-state index in [9.17, 15) is 4.79 Å². The minimum atomic E-state index is 0.0979. The number of pyridine rings is 1. The molecule has 1 amide bonds. The molecule has 1 saturated heterocycles. The number of hydrogen-bond donors (Lipinski definition) is 2. The van der Waals surface area contributed by atoms with E-state index in [-0.39, 0.29) is 5.91 Å². The number of H-pyrrole nitrogens is 1. The molecule has 1 aromatic carbocycles. The van der Waals surface area contributed by atoms with Gasteiger partial charge in [0.2, 0.25) is 5.91 Å². The second-order valence-electron chi connectivity index (χ2n) is 10.0. The van der Waals surface area contributed by atoms with Crippen LogP contribution in [0.4, 0.5) is 0 Å². The molecular formula is C28H35N5O. The number of nitrogens with one attached hydrogen (secondary N) is 2. The molecule has 34 heavy (non-hydrogen) atoms. The number of piperidine rings is 1. The second-order valence-corrected chi connectivity index (χ2v) is 10.0. The van der Waals surface area contributed by atoms with Gasteiger partial charge in [0.05, 0.1) is 12.2 Å². The van der Waals surface area contributed by atoms with Gasteiger partial charge in [-0.1, -0.05) is 19.9 Å². The Labute approximate surface area is 201 Å². The molecule has 0 unspecified atom stereocenters. The molecule has 5 rings (SSSR count). The van der Waals surface area contributed by atoms with E-state index in [4.69, 9.17) is 0 Å². The van der Waals surface area contributed by atoms with E-state index in [0.29, 0.717) is 18.4 Å². The van der Waals surface area contributed by atoms with Crippen molar-refractivity contribution in [2.75, 3.05) is 26.7 Å². The van der Waals surface area contributed by atoms with Crippen LogP contribution >= 0.6 is 0 Å². The number of aryl methyl sites for hydroxylation is 1. The lowest BCUT2D eigenvalue weighted by atomic mass is 9.87. The Morgan fingerprint density at radius 3 is 2.68 bits per heavy atom. The van der Waals surface area contributed by atoms with E-state index in [1.54, 1.807) is 7.05 Å². The monoisotopic (exact) mass is 457 g/mol. The largest absolute Gasteiger partial charge is 0.358 e. The van der Waals surface area contributed by atoms with E-state index in [1.807, 2.05) is 12.4 Å². The molecule has 1 fully saturated rings. The summed E-state index contributed by atoms with van der Waals surface area (Å²) in [6.45, 7) is 11.4. The summed E-state index contributed by atoms with van der Waals surface area (Å²) in [6, 6.07) is 6.97. The highest BCUT2D eigenvalue weighted by Crippen LogP contribution is 2.40. The van der Waals surface area contributed by atoms with E-state index in [1.165, 1.54) is 44.4 Å². The van der Waals surface area contributed by atoms with Crippen LogP contribution in [0, 0.1) is 13.8 Å². The number of hydrogen-bond acceptors (Lipinski definition) is 3. The summed E-state index contributed by atoms with van der Waals surface area (Å²) < 4.78 is 2.13. The van der Waals surface area contributed by atoms with Crippen LogP contribution in [0.2, 0.25) is 0 Å². The number of imidazole rings is 1. The molecule has 0 bridgehead atoms. The molecule has 0 spiro atoms. The topological polar surface area (TPSA) is 65.4 Å². The Morgan fingerprint density at radius 1 is 1.21 bits per heavy atom. The molecular weight excluding hydrogens is 422 g/mol. The molecule has 0 atom stereocenters. The highest BCUT2D eigenvalue weighted by atomic mass is 16.1. The number of aromatic amines is 1. The molecule has 4 aromatic rings. The highest BCUT2D eigenvalue weighted by Gasteiger charge is 2.24. The maximum absolute atomic E-state index is 11.7. The number of rotatable bonds is 5. The first-order valence-electron chi connectivity index (χ1n) is 12.4. The van der Waals surface area contributed by atoms with Crippen LogP contribution in [-0.4, -0.2) is 51.9 Å². The predicted molar refractivity (Wildman–Crippen MR) is 139 cm³/mol. The first-order valence-corrected chi connectivity index (χ1v) is 12.4. The fourth-order valence-electron chi connectivity index (χ4n) is 5.57. The van der Waals surface area contributed by atoms with Gasteiger partial charge in [0, 0.05) is 42.1 Å². The standard InChI is InChI=1S/C28H35N5O/c1-17(2)26-22-14-21(20-8-11-32(12-9-20)16-25(34)29-5)6-7-24(22)31-27(26)23-15-33-13-10-30-28(33)19(4)18(23)3/h6-7,10,13-15,17,20,31H,8-9,11-12,16H2,1-5H3,(H,29,34). The van der Waals surface area contributed by atoms with Crippen LogP contribution in [0.25, 0.3) is 27.8 Å². The van der Waals surface area contributed by atoms with Crippen LogP contribution in [0.15, 0.2) is 36.8 Å². The number of carbonyl (C=O) groups is 1. The molecule has 4 heterocycles. The normalized spacial score (nSPS) is 15.6. The zero-order chi connectivity index (χ0) is 24.0. The molecule has 0 saturated carbocycles. The van der Waals surface area contributed by atoms with Gasteiger partial charge in [-0.05, 0) is 86.0 Å². The van der Waals surface area contributed by atoms with Gasteiger partial charge >= 0.3 is 0 Å². The van der Waals surface area contributed by atoms with Gasteiger partial charge < -0.3 is 14.7 Å². The lowest BCUT2D eigenvalue weighted by Crippen LogP contribution is -2.40. The number of nitrogens with zero attached hydrogens (tertiary/aromatic N) is 3. The number of benzene rings is 1. The third kappa shape index (κ3) is 3.90. The van der Waals surface area contributed by atoms with Crippen molar-refractivity contribution in [3.63, 3.8) is 0 Å². The fourth-order valence-corrected chi connectivity index (χ4v) is 5.57. The van der Waals surface area contributed by atoms with Gasteiger partial charge in [-0.3, -0.25) is 9.69 Å². The van der Waals surface area contributed by atoms with E-state index in [0.717, 1.165) is 31.6 Å². The maximum Gasteiger partial charge on any atom is 0.233 e.